The van der Waals surface area contributed by atoms with Gasteiger partial charge < -0.3 is 9.16 Å². The molecule has 0 bridgehead atoms. The van der Waals surface area contributed by atoms with Crippen LogP contribution < -0.4 is 4.74 Å². The van der Waals surface area contributed by atoms with E-state index in [2.05, 4.69) is 74.1 Å². The minimum atomic E-state index is -1.81. The Morgan fingerprint density at radius 3 is 2.08 bits per heavy atom. The van der Waals surface area contributed by atoms with Crippen LogP contribution in [0.5, 0.6) is 5.75 Å². The Labute approximate surface area is 161 Å². The fourth-order valence-corrected chi connectivity index (χ4v) is 4.27. The molecule has 2 aromatic rings. The first-order valence-corrected chi connectivity index (χ1v) is 12.8. The van der Waals surface area contributed by atoms with Gasteiger partial charge in [0, 0.05) is 5.33 Å². The minimum absolute atomic E-state index is 0.0732. The zero-order valence-electron chi connectivity index (χ0n) is 15.9. The molecule has 4 heteroatoms. The zero-order chi connectivity index (χ0) is 18.5. The molecule has 0 heterocycles. The molecule has 0 amide bonds. The van der Waals surface area contributed by atoms with Gasteiger partial charge in [0.05, 0.1) is 6.10 Å². The molecule has 2 aromatic carbocycles. The van der Waals surface area contributed by atoms with Gasteiger partial charge in [0.1, 0.15) is 12.4 Å². The summed E-state index contributed by atoms with van der Waals surface area (Å²) >= 11 is 3.62. The molecule has 0 radical (unpaired) electrons. The van der Waals surface area contributed by atoms with E-state index in [0.29, 0.717) is 6.61 Å². The number of benzene rings is 2. The van der Waals surface area contributed by atoms with Gasteiger partial charge in [-0.3, -0.25) is 0 Å². The van der Waals surface area contributed by atoms with Crippen molar-refractivity contribution in [3.63, 3.8) is 0 Å². The Morgan fingerprint density at radius 2 is 1.56 bits per heavy atom. The highest BCUT2D eigenvalue weighted by atomic mass is 79.9. The lowest BCUT2D eigenvalue weighted by Gasteiger charge is -2.39. The smallest absolute Gasteiger partial charge is 0.192 e. The van der Waals surface area contributed by atoms with Crippen LogP contribution >= 0.6 is 15.9 Å². The van der Waals surface area contributed by atoms with Gasteiger partial charge in [0.25, 0.3) is 0 Å². The molecule has 0 aliphatic rings. The fourth-order valence-electron chi connectivity index (χ4n) is 2.24. The molecule has 0 aliphatic carbocycles. The van der Waals surface area contributed by atoms with Crippen molar-refractivity contribution in [3.05, 3.63) is 65.7 Å². The van der Waals surface area contributed by atoms with Crippen LogP contribution in [0.3, 0.4) is 0 Å². The van der Waals surface area contributed by atoms with Crippen molar-refractivity contribution in [3.8, 4) is 5.75 Å². The van der Waals surface area contributed by atoms with Crippen LogP contribution in [0.25, 0.3) is 0 Å². The zero-order valence-corrected chi connectivity index (χ0v) is 18.5. The number of ether oxygens (including phenoxy) is 1. The van der Waals surface area contributed by atoms with E-state index in [1.54, 1.807) is 0 Å². The molecule has 0 N–H and O–H groups in total. The molecule has 136 valence electrons. The molecule has 2 rings (SSSR count). The Bertz CT molecular complexity index is 648. The first kappa shape index (κ1) is 20.2. The van der Waals surface area contributed by atoms with Crippen LogP contribution in [-0.4, -0.2) is 13.6 Å². The molecule has 0 aliphatic heterocycles. The molecule has 0 saturated heterocycles. The quantitative estimate of drug-likeness (QED) is 0.365. The lowest BCUT2D eigenvalue weighted by molar-refractivity contribution is 0.208. The van der Waals surface area contributed by atoms with Crippen molar-refractivity contribution in [2.24, 2.45) is 0 Å². The summed E-state index contributed by atoms with van der Waals surface area (Å²) in [7, 11) is -1.81. The van der Waals surface area contributed by atoms with Gasteiger partial charge in [-0.2, -0.15) is 0 Å². The van der Waals surface area contributed by atoms with E-state index in [1.165, 1.54) is 11.1 Å². The number of rotatable bonds is 7. The molecule has 0 saturated carbocycles. The molecule has 0 fully saturated rings. The number of halogens is 1. The van der Waals surface area contributed by atoms with Crippen molar-refractivity contribution in [2.45, 2.75) is 51.6 Å². The fraction of sp³-hybridized carbons (Fsp3) is 0.429. The second kappa shape index (κ2) is 8.52. The average molecular weight is 421 g/mol. The highest BCUT2D eigenvalue weighted by Gasteiger charge is 2.39. The van der Waals surface area contributed by atoms with Crippen LogP contribution in [0.2, 0.25) is 18.1 Å². The molecule has 2 nitrogen and oxygen atoms in total. The van der Waals surface area contributed by atoms with Gasteiger partial charge in [0.15, 0.2) is 8.32 Å². The summed E-state index contributed by atoms with van der Waals surface area (Å²) in [5.74, 6) is 0.883. The third kappa shape index (κ3) is 5.70. The van der Waals surface area contributed by atoms with Gasteiger partial charge in [-0.25, -0.2) is 0 Å². The molecule has 0 spiro atoms. The summed E-state index contributed by atoms with van der Waals surface area (Å²) in [6, 6.07) is 18.5. The Hall–Kier alpha value is -1.10. The summed E-state index contributed by atoms with van der Waals surface area (Å²) in [5, 5.41) is 0.996. The predicted molar refractivity (Wildman–Crippen MR) is 112 cm³/mol. The first-order chi connectivity index (χ1) is 11.7. The summed E-state index contributed by atoms with van der Waals surface area (Å²) in [6.07, 6.45) is 0.0732. The van der Waals surface area contributed by atoms with E-state index in [1.807, 2.05) is 30.3 Å². The average Bonchev–Trinajstić information content (AvgIpc) is 2.58. The van der Waals surface area contributed by atoms with Gasteiger partial charge >= 0.3 is 0 Å². The van der Waals surface area contributed by atoms with Crippen molar-refractivity contribution in [1.29, 1.82) is 0 Å². The summed E-state index contributed by atoms with van der Waals surface area (Å²) in [4.78, 5) is 0. The highest BCUT2D eigenvalue weighted by Crippen LogP contribution is 2.40. The summed E-state index contributed by atoms with van der Waals surface area (Å²) < 4.78 is 12.4. The molecular weight excluding hydrogens is 392 g/mol. The first-order valence-electron chi connectivity index (χ1n) is 8.73. The maximum absolute atomic E-state index is 6.56. The lowest BCUT2D eigenvalue weighted by atomic mass is 10.1. The summed E-state index contributed by atoms with van der Waals surface area (Å²) in [5.41, 5.74) is 2.36. The minimum Gasteiger partial charge on any atom is -0.489 e. The van der Waals surface area contributed by atoms with Crippen LogP contribution in [0.15, 0.2) is 54.6 Å². The standard InChI is InChI=1S/C21H29BrO2Si/c1-21(2,3)25(4,5)24-20(15-22)18-11-13-19(14-12-18)23-16-17-9-7-6-8-10-17/h6-14,20H,15-16H2,1-5H3/t20-/m0/s1. The number of hydrogen-bond donors (Lipinski definition) is 0. The van der Waals surface area contributed by atoms with Gasteiger partial charge in [-0.1, -0.05) is 79.2 Å². The van der Waals surface area contributed by atoms with E-state index in [0.717, 1.165) is 11.1 Å². The van der Waals surface area contributed by atoms with E-state index in [9.17, 15) is 0 Å². The maximum Gasteiger partial charge on any atom is 0.192 e. The third-order valence-electron chi connectivity index (χ3n) is 4.88. The number of alkyl halides is 1. The van der Waals surface area contributed by atoms with Crippen molar-refractivity contribution < 1.29 is 9.16 Å². The van der Waals surface area contributed by atoms with Crippen molar-refractivity contribution in [2.75, 3.05) is 5.33 Å². The van der Waals surface area contributed by atoms with Crippen LogP contribution in [0.1, 0.15) is 38.0 Å². The monoisotopic (exact) mass is 420 g/mol. The normalized spacial score (nSPS) is 13.5. The van der Waals surface area contributed by atoms with Crippen LogP contribution in [-0.2, 0) is 11.0 Å². The molecular formula is C21H29BrO2Si. The molecule has 1 atom stereocenters. The van der Waals surface area contributed by atoms with E-state index >= 15 is 0 Å². The van der Waals surface area contributed by atoms with E-state index in [-0.39, 0.29) is 11.1 Å². The van der Waals surface area contributed by atoms with Crippen molar-refractivity contribution >= 4 is 24.2 Å². The maximum atomic E-state index is 6.56. The van der Waals surface area contributed by atoms with Crippen molar-refractivity contribution in [1.82, 2.24) is 0 Å². The summed E-state index contributed by atoms with van der Waals surface area (Å²) in [6.45, 7) is 12.0. The SMILES string of the molecule is CC(C)(C)[Si](C)(C)O[C@@H](CBr)c1ccc(OCc2ccccc2)cc1. The molecule has 25 heavy (non-hydrogen) atoms. The van der Waals surface area contributed by atoms with E-state index < -0.39 is 8.32 Å². The second-order valence-electron chi connectivity index (χ2n) is 7.86. The topological polar surface area (TPSA) is 18.5 Å². The third-order valence-corrected chi connectivity index (χ3v) is 9.96. The van der Waals surface area contributed by atoms with Gasteiger partial charge in [-0.05, 0) is 41.4 Å². The van der Waals surface area contributed by atoms with Crippen LogP contribution in [0.4, 0.5) is 0 Å². The lowest BCUT2D eigenvalue weighted by Crippen LogP contribution is -2.42. The highest BCUT2D eigenvalue weighted by molar-refractivity contribution is 9.09. The number of hydrogen-bond acceptors (Lipinski definition) is 2. The van der Waals surface area contributed by atoms with Gasteiger partial charge in [0.2, 0.25) is 0 Å². The predicted octanol–water partition coefficient (Wildman–Crippen LogP) is 6.72. The Morgan fingerprint density at radius 1 is 0.960 bits per heavy atom. The van der Waals surface area contributed by atoms with Crippen LogP contribution in [0, 0.1) is 0 Å². The largest absolute Gasteiger partial charge is 0.489 e. The molecule has 0 unspecified atom stereocenters. The Balaban J connectivity index is 2.02. The Kier molecular flexibility index (Phi) is 6.89. The second-order valence-corrected chi connectivity index (χ2v) is 13.3. The van der Waals surface area contributed by atoms with Gasteiger partial charge in [-0.15, -0.1) is 0 Å². The van der Waals surface area contributed by atoms with E-state index in [4.69, 9.17) is 9.16 Å². The molecule has 0 aromatic heterocycles.